The van der Waals surface area contributed by atoms with E-state index < -0.39 is 0 Å². The third-order valence-electron chi connectivity index (χ3n) is 2.74. The van der Waals surface area contributed by atoms with Crippen molar-refractivity contribution in [3.8, 4) is 0 Å². The normalized spacial score (nSPS) is 20.4. The van der Waals surface area contributed by atoms with Crippen molar-refractivity contribution in [2.75, 3.05) is 19.8 Å². The lowest BCUT2D eigenvalue weighted by Crippen LogP contribution is -2.47. The number of carbonyl (C=O) groups is 1. The molecule has 1 amide bonds. The highest BCUT2D eigenvalue weighted by Gasteiger charge is 2.24. The van der Waals surface area contributed by atoms with Crippen LogP contribution in [0, 0.1) is 0 Å². The van der Waals surface area contributed by atoms with Crippen molar-refractivity contribution in [1.29, 1.82) is 0 Å². The second kappa shape index (κ2) is 5.38. The van der Waals surface area contributed by atoms with Crippen LogP contribution in [0.5, 0.6) is 0 Å². The van der Waals surface area contributed by atoms with E-state index in [1.54, 1.807) is 18.2 Å². The van der Waals surface area contributed by atoms with Gasteiger partial charge in [0.15, 0.2) is 0 Å². The van der Waals surface area contributed by atoms with Gasteiger partial charge in [0, 0.05) is 21.6 Å². The van der Waals surface area contributed by atoms with Crippen molar-refractivity contribution in [2.24, 2.45) is 0 Å². The highest BCUT2D eigenvalue weighted by molar-refractivity contribution is 9.10. The summed E-state index contributed by atoms with van der Waals surface area (Å²) >= 11 is 9.28. The number of hydrogen-bond acceptors (Lipinski definition) is 2. The zero-order valence-corrected chi connectivity index (χ0v) is 11.8. The molecular formula is C12H13BrClNO2. The fourth-order valence-electron chi connectivity index (χ4n) is 1.87. The van der Waals surface area contributed by atoms with Crippen molar-refractivity contribution in [1.82, 2.24) is 4.90 Å². The minimum Gasteiger partial charge on any atom is -0.377 e. The van der Waals surface area contributed by atoms with E-state index in [0.29, 0.717) is 30.3 Å². The third-order valence-corrected chi connectivity index (χ3v) is 3.41. The summed E-state index contributed by atoms with van der Waals surface area (Å²) in [6.07, 6.45) is 0. The number of morpholine rings is 1. The van der Waals surface area contributed by atoms with Crippen LogP contribution in [0.3, 0.4) is 0 Å². The second-order valence-corrected chi connectivity index (χ2v) is 5.43. The molecule has 0 N–H and O–H groups in total. The van der Waals surface area contributed by atoms with Crippen molar-refractivity contribution in [2.45, 2.75) is 13.0 Å². The average molecular weight is 319 g/mol. The molecule has 1 atom stereocenters. The smallest absolute Gasteiger partial charge is 0.254 e. The number of halogens is 2. The van der Waals surface area contributed by atoms with Crippen LogP contribution >= 0.6 is 27.5 Å². The Kier molecular flexibility index (Phi) is 4.07. The number of carbonyl (C=O) groups excluding carboxylic acids is 1. The summed E-state index contributed by atoms with van der Waals surface area (Å²) in [7, 11) is 0. The number of nitrogens with zero attached hydrogens (tertiary/aromatic N) is 1. The van der Waals surface area contributed by atoms with Crippen LogP contribution in [0.1, 0.15) is 17.3 Å². The maximum absolute atomic E-state index is 12.3. The van der Waals surface area contributed by atoms with Crippen molar-refractivity contribution in [3.63, 3.8) is 0 Å². The van der Waals surface area contributed by atoms with Gasteiger partial charge in [0.1, 0.15) is 0 Å². The Labute approximate surface area is 114 Å². The van der Waals surface area contributed by atoms with Crippen molar-refractivity contribution in [3.05, 3.63) is 33.3 Å². The van der Waals surface area contributed by atoms with Crippen LogP contribution in [0.15, 0.2) is 22.7 Å². The third kappa shape index (κ3) is 3.00. The molecule has 92 valence electrons. The average Bonchev–Trinajstić information content (AvgIpc) is 2.27. The monoisotopic (exact) mass is 317 g/mol. The van der Waals surface area contributed by atoms with Gasteiger partial charge in [0.2, 0.25) is 0 Å². The van der Waals surface area contributed by atoms with Gasteiger partial charge in [-0.05, 0) is 25.1 Å². The first-order valence-corrected chi connectivity index (χ1v) is 6.60. The predicted molar refractivity (Wildman–Crippen MR) is 70.5 cm³/mol. The van der Waals surface area contributed by atoms with Crippen LogP contribution in [0.2, 0.25) is 5.02 Å². The van der Waals surface area contributed by atoms with E-state index in [1.165, 1.54) is 0 Å². The number of ether oxygens (including phenoxy) is 1. The van der Waals surface area contributed by atoms with E-state index in [0.717, 1.165) is 4.47 Å². The summed E-state index contributed by atoms with van der Waals surface area (Å²) < 4.78 is 6.13. The molecule has 1 saturated heterocycles. The topological polar surface area (TPSA) is 29.5 Å². The maximum Gasteiger partial charge on any atom is 0.254 e. The molecule has 5 heteroatoms. The van der Waals surface area contributed by atoms with Gasteiger partial charge < -0.3 is 9.64 Å². The van der Waals surface area contributed by atoms with Gasteiger partial charge in [0.05, 0.1) is 19.3 Å². The molecule has 1 aliphatic rings. The fourth-order valence-corrected chi connectivity index (χ4v) is 2.73. The molecule has 1 aliphatic heterocycles. The lowest BCUT2D eigenvalue weighted by atomic mass is 10.1. The van der Waals surface area contributed by atoms with Crippen molar-refractivity contribution >= 4 is 33.4 Å². The van der Waals surface area contributed by atoms with E-state index in [-0.39, 0.29) is 11.9 Å². The molecule has 3 nitrogen and oxygen atoms in total. The van der Waals surface area contributed by atoms with Gasteiger partial charge in [-0.3, -0.25) is 4.79 Å². The molecule has 0 saturated carbocycles. The molecule has 1 fully saturated rings. The number of amides is 1. The Hall–Kier alpha value is -0.580. The summed E-state index contributed by atoms with van der Waals surface area (Å²) in [4.78, 5) is 14.1. The number of rotatable bonds is 1. The SMILES string of the molecule is C[C@@H]1COCCN1C(=O)c1cc(Cl)cc(Br)c1. The first-order chi connectivity index (χ1) is 8.08. The van der Waals surface area contributed by atoms with Gasteiger partial charge in [-0.2, -0.15) is 0 Å². The molecule has 0 aromatic heterocycles. The molecule has 1 aromatic carbocycles. The van der Waals surface area contributed by atoms with Crippen LogP contribution < -0.4 is 0 Å². The minimum absolute atomic E-state index is 0.00370. The Bertz CT molecular complexity index is 418. The molecular weight excluding hydrogens is 305 g/mol. The predicted octanol–water partition coefficient (Wildman–Crippen LogP) is 2.96. The van der Waals surface area contributed by atoms with E-state index in [2.05, 4.69) is 15.9 Å². The largest absolute Gasteiger partial charge is 0.377 e. The number of hydrogen-bond donors (Lipinski definition) is 0. The van der Waals surface area contributed by atoms with Gasteiger partial charge in [0.25, 0.3) is 5.91 Å². The van der Waals surface area contributed by atoms with E-state index >= 15 is 0 Å². The molecule has 1 heterocycles. The van der Waals surface area contributed by atoms with Crippen molar-refractivity contribution < 1.29 is 9.53 Å². The Morgan fingerprint density at radius 1 is 1.53 bits per heavy atom. The highest BCUT2D eigenvalue weighted by Crippen LogP contribution is 2.21. The lowest BCUT2D eigenvalue weighted by Gasteiger charge is -2.33. The molecule has 1 aromatic rings. The second-order valence-electron chi connectivity index (χ2n) is 4.08. The highest BCUT2D eigenvalue weighted by atomic mass is 79.9. The standard InChI is InChI=1S/C12H13BrClNO2/c1-8-7-17-3-2-15(8)12(16)9-4-10(13)6-11(14)5-9/h4-6,8H,2-3,7H2,1H3/t8-/m1/s1. The summed E-state index contributed by atoms with van der Waals surface area (Å²) in [6, 6.07) is 5.35. The molecule has 0 radical (unpaired) electrons. The Balaban J connectivity index is 2.23. The van der Waals surface area contributed by atoms with Gasteiger partial charge in [-0.25, -0.2) is 0 Å². The maximum atomic E-state index is 12.3. The molecule has 0 bridgehead atoms. The summed E-state index contributed by atoms with van der Waals surface area (Å²) in [5.41, 5.74) is 0.609. The summed E-state index contributed by atoms with van der Waals surface area (Å²) in [6.45, 7) is 3.80. The number of benzene rings is 1. The van der Waals surface area contributed by atoms with Crippen LogP contribution in [-0.2, 0) is 4.74 Å². The molecule has 0 unspecified atom stereocenters. The van der Waals surface area contributed by atoms with Gasteiger partial charge >= 0.3 is 0 Å². The van der Waals surface area contributed by atoms with E-state index in [1.807, 2.05) is 11.8 Å². The van der Waals surface area contributed by atoms with Crippen LogP contribution in [0.4, 0.5) is 0 Å². The zero-order chi connectivity index (χ0) is 12.4. The Morgan fingerprint density at radius 2 is 2.29 bits per heavy atom. The molecule has 2 rings (SSSR count). The van der Waals surface area contributed by atoms with Gasteiger partial charge in [-0.15, -0.1) is 0 Å². The molecule has 0 spiro atoms. The Morgan fingerprint density at radius 3 is 2.94 bits per heavy atom. The van der Waals surface area contributed by atoms with Crippen LogP contribution in [0.25, 0.3) is 0 Å². The summed E-state index contributed by atoms with van der Waals surface area (Å²) in [5, 5.41) is 0.559. The van der Waals surface area contributed by atoms with Gasteiger partial charge in [-0.1, -0.05) is 27.5 Å². The van der Waals surface area contributed by atoms with E-state index in [9.17, 15) is 4.79 Å². The fraction of sp³-hybridized carbons (Fsp3) is 0.417. The first kappa shape index (κ1) is 12.9. The molecule has 0 aliphatic carbocycles. The van der Waals surface area contributed by atoms with E-state index in [4.69, 9.17) is 16.3 Å². The minimum atomic E-state index is 0.00370. The van der Waals surface area contributed by atoms with Crippen LogP contribution in [-0.4, -0.2) is 36.6 Å². The quantitative estimate of drug-likeness (QED) is 0.797. The zero-order valence-electron chi connectivity index (χ0n) is 9.45. The first-order valence-electron chi connectivity index (χ1n) is 5.43. The summed E-state index contributed by atoms with van der Waals surface area (Å²) in [5.74, 6) is 0.00370. The lowest BCUT2D eigenvalue weighted by molar-refractivity contribution is 0.00359. The molecule has 17 heavy (non-hydrogen) atoms.